The Labute approximate surface area is 398 Å². The molecule has 11 heteroatoms. The lowest BCUT2D eigenvalue weighted by Crippen LogP contribution is -2.31. The van der Waals surface area contributed by atoms with Gasteiger partial charge in [-0.3, -0.25) is 24.0 Å². The fourth-order valence-electron chi connectivity index (χ4n) is 7.96. The van der Waals surface area contributed by atoms with Crippen molar-refractivity contribution in [2.75, 3.05) is 40.5 Å². The highest BCUT2D eigenvalue weighted by atomic mass is 16.6. The molecule has 2 unspecified atom stereocenters. The SMILES string of the molecule is CCCCCCCCC(CCCCCCCC)OC(=O)CCCCCC(=O)OCC(COC(=O)CCCCCCCC(=O)OCC(CCCC)CCCCCC)OC(=O)CCCN(C)C. The Kier molecular flexibility index (Phi) is 44.5. The van der Waals surface area contributed by atoms with Gasteiger partial charge in [-0.15, -0.1) is 0 Å². The van der Waals surface area contributed by atoms with E-state index in [0.29, 0.717) is 57.5 Å². The topological polar surface area (TPSA) is 135 Å². The van der Waals surface area contributed by atoms with E-state index in [1.807, 2.05) is 19.0 Å². The molecule has 0 fully saturated rings. The summed E-state index contributed by atoms with van der Waals surface area (Å²) in [6.07, 6.45) is 33.1. The summed E-state index contributed by atoms with van der Waals surface area (Å²) in [5, 5.41) is 0. The second kappa shape index (κ2) is 46.4. The fourth-order valence-corrected chi connectivity index (χ4v) is 7.96. The van der Waals surface area contributed by atoms with E-state index in [0.717, 1.165) is 77.2 Å². The molecule has 0 bridgehead atoms. The summed E-state index contributed by atoms with van der Waals surface area (Å²) in [7, 11) is 3.86. The lowest BCUT2D eigenvalue weighted by molar-refractivity contribution is -0.167. The molecule has 0 aliphatic heterocycles. The molecular formula is C54H101NO10. The van der Waals surface area contributed by atoms with Gasteiger partial charge < -0.3 is 28.6 Å². The van der Waals surface area contributed by atoms with Gasteiger partial charge in [0.2, 0.25) is 0 Å². The molecule has 0 amide bonds. The van der Waals surface area contributed by atoms with Crippen LogP contribution in [0.25, 0.3) is 0 Å². The van der Waals surface area contributed by atoms with Crippen LogP contribution in [-0.2, 0) is 47.7 Å². The van der Waals surface area contributed by atoms with Gasteiger partial charge in [0.15, 0.2) is 6.10 Å². The highest BCUT2D eigenvalue weighted by Gasteiger charge is 2.20. The second-order valence-corrected chi connectivity index (χ2v) is 19.0. The number of carbonyl (C=O) groups is 5. The molecule has 0 aromatic rings. The molecule has 0 aliphatic carbocycles. The van der Waals surface area contributed by atoms with Crippen LogP contribution in [0.4, 0.5) is 0 Å². The maximum absolute atomic E-state index is 12.8. The number of hydrogen-bond acceptors (Lipinski definition) is 11. The van der Waals surface area contributed by atoms with E-state index < -0.39 is 24.0 Å². The maximum atomic E-state index is 12.8. The van der Waals surface area contributed by atoms with E-state index in [9.17, 15) is 24.0 Å². The Balaban J connectivity index is 4.61. The number of ether oxygens (including phenoxy) is 5. The van der Waals surface area contributed by atoms with Crippen LogP contribution in [0.15, 0.2) is 0 Å². The summed E-state index contributed by atoms with van der Waals surface area (Å²) in [6, 6.07) is 0. The summed E-state index contributed by atoms with van der Waals surface area (Å²) in [5.74, 6) is -1.05. The number of carbonyl (C=O) groups excluding carboxylic acids is 5. The van der Waals surface area contributed by atoms with Crippen molar-refractivity contribution in [1.82, 2.24) is 4.90 Å². The van der Waals surface area contributed by atoms with Crippen LogP contribution in [-0.4, -0.2) is 87.4 Å². The quantitative estimate of drug-likeness (QED) is 0.0328. The van der Waals surface area contributed by atoms with Crippen molar-refractivity contribution in [2.45, 2.75) is 271 Å². The van der Waals surface area contributed by atoms with Gasteiger partial charge in [-0.25, -0.2) is 0 Å². The molecule has 0 spiro atoms. The largest absolute Gasteiger partial charge is 0.465 e. The zero-order valence-electron chi connectivity index (χ0n) is 43.0. The number of rotatable bonds is 48. The molecule has 0 saturated carbocycles. The Bertz CT molecular complexity index is 1130. The Morgan fingerprint density at radius 1 is 0.338 bits per heavy atom. The highest BCUT2D eigenvalue weighted by molar-refractivity contribution is 5.71. The minimum Gasteiger partial charge on any atom is -0.465 e. The van der Waals surface area contributed by atoms with Crippen LogP contribution in [0, 0.1) is 5.92 Å². The molecule has 0 aromatic carbocycles. The first-order chi connectivity index (χ1) is 31.5. The van der Waals surface area contributed by atoms with Gasteiger partial charge in [0, 0.05) is 32.1 Å². The zero-order chi connectivity index (χ0) is 48.0. The van der Waals surface area contributed by atoms with Gasteiger partial charge in [0.1, 0.15) is 19.3 Å². The molecule has 0 aliphatic rings. The van der Waals surface area contributed by atoms with Crippen LogP contribution in [0.2, 0.25) is 0 Å². The summed E-state index contributed by atoms with van der Waals surface area (Å²) in [4.78, 5) is 65.0. The number of unbranched alkanes of at least 4 members (excludes halogenated alkanes) is 20. The summed E-state index contributed by atoms with van der Waals surface area (Å²) >= 11 is 0. The Hall–Kier alpha value is -2.69. The van der Waals surface area contributed by atoms with Gasteiger partial charge >= 0.3 is 29.8 Å². The first kappa shape index (κ1) is 62.3. The second-order valence-electron chi connectivity index (χ2n) is 19.0. The monoisotopic (exact) mass is 924 g/mol. The molecule has 382 valence electrons. The van der Waals surface area contributed by atoms with E-state index in [1.165, 1.54) is 96.3 Å². The number of hydrogen-bond donors (Lipinski definition) is 0. The lowest BCUT2D eigenvalue weighted by Gasteiger charge is -2.19. The summed E-state index contributed by atoms with van der Waals surface area (Å²) in [6.45, 7) is 9.75. The Morgan fingerprint density at radius 3 is 1.12 bits per heavy atom. The molecule has 0 rings (SSSR count). The van der Waals surface area contributed by atoms with Crippen LogP contribution in [0.3, 0.4) is 0 Å². The lowest BCUT2D eigenvalue weighted by atomic mass is 9.96. The Morgan fingerprint density at radius 2 is 0.662 bits per heavy atom. The van der Waals surface area contributed by atoms with Gasteiger partial charge in [0.05, 0.1) is 6.61 Å². The smallest absolute Gasteiger partial charge is 0.306 e. The molecule has 0 heterocycles. The van der Waals surface area contributed by atoms with Crippen LogP contribution >= 0.6 is 0 Å². The average molecular weight is 924 g/mol. The van der Waals surface area contributed by atoms with Crippen molar-refractivity contribution in [1.29, 1.82) is 0 Å². The van der Waals surface area contributed by atoms with Crippen molar-refractivity contribution >= 4 is 29.8 Å². The molecule has 0 saturated heterocycles. The van der Waals surface area contributed by atoms with E-state index in [4.69, 9.17) is 23.7 Å². The minimum atomic E-state index is -0.895. The molecule has 0 N–H and O–H groups in total. The molecule has 2 atom stereocenters. The normalized spacial score (nSPS) is 12.3. The third kappa shape index (κ3) is 43.6. The third-order valence-electron chi connectivity index (χ3n) is 12.1. The van der Waals surface area contributed by atoms with Crippen molar-refractivity contribution in [3.8, 4) is 0 Å². The first-order valence-electron chi connectivity index (χ1n) is 27.0. The minimum absolute atomic E-state index is 0.00730. The predicted octanol–water partition coefficient (Wildman–Crippen LogP) is 13.7. The molecule has 65 heavy (non-hydrogen) atoms. The number of nitrogens with zero attached hydrogens (tertiary/aromatic N) is 1. The van der Waals surface area contributed by atoms with E-state index in [2.05, 4.69) is 27.7 Å². The first-order valence-corrected chi connectivity index (χ1v) is 27.0. The van der Waals surface area contributed by atoms with Crippen LogP contribution in [0.1, 0.15) is 259 Å². The molecule has 0 radical (unpaired) electrons. The summed E-state index contributed by atoms with van der Waals surface area (Å²) < 4.78 is 28.1. The fraction of sp³-hybridized carbons (Fsp3) is 0.907. The van der Waals surface area contributed by atoms with Crippen LogP contribution in [0.5, 0.6) is 0 Å². The van der Waals surface area contributed by atoms with Gasteiger partial charge in [-0.05, 0) is 97.2 Å². The van der Waals surface area contributed by atoms with Gasteiger partial charge in [-0.1, -0.05) is 156 Å². The average Bonchev–Trinajstić information content (AvgIpc) is 3.28. The maximum Gasteiger partial charge on any atom is 0.306 e. The van der Waals surface area contributed by atoms with E-state index in [1.54, 1.807) is 0 Å². The van der Waals surface area contributed by atoms with Crippen molar-refractivity contribution < 1.29 is 47.7 Å². The zero-order valence-corrected chi connectivity index (χ0v) is 43.0. The van der Waals surface area contributed by atoms with Crippen molar-refractivity contribution in [3.05, 3.63) is 0 Å². The van der Waals surface area contributed by atoms with Crippen molar-refractivity contribution in [3.63, 3.8) is 0 Å². The molecular weight excluding hydrogens is 823 g/mol. The molecule has 11 nitrogen and oxygen atoms in total. The number of esters is 5. The summed E-state index contributed by atoms with van der Waals surface area (Å²) in [5.41, 5.74) is 0. The third-order valence-corrected chi connectivity index (χ3v) is 12.1. The van der Waals surface area contributed by atoms with Crippen molar-refractivity contribution in [2.24, 2.45) is 5.92 Å². The van der Waals surface area contributed by atoms with E-state index >= 15 is 0 Å². The van der Waals surface area contributed by atoms with Crippen LogP contribution < -0.4 is 0 Å². The van der Waals surface area contributed by atoms with E-state index in [-0.39, 0.29) is 50.5 Å². The van der Waals surface area contributed by atoms with Gasteiger partial charge in [-0.2, -0.15) is 0 Å². The van der Waals surface area contributed by atoms with Gasteiger partial charge in [0.25, 0.3) is 0 Å². The molecule has 0 aromatic heterocycles. The highest BCUT2D eigenvalue weighted by Crippen LogP contribution is 2.20. The standard InChI is InChI=1S/C54H101NO10/c1-7-11-15-18-21-27-36-48(37-28-22-19-16-12-8-2)64-53(59)41-32-25-31-40-52(58)63-46-49(65-54(60)42-33-43-55(5)6)45-62-51(57)39-30-24-20-23-29-38-50(56)61-44-47(34-14-10-4)35-26-17-13-9-3/h47-49H,7-46H2,1-6H3. The predicted molar refractivity (Wildman–Crippen MR) is 264 cm³/mol.